The highest BCUT2D eigenvalue weighted by Crippen LogP contribution is 2.34. The van der Waals surface area contributed by atoms with Crippen molar-refractivity contribution in [2.45, 2.75) is 18.6 Å². The van der Waals surface area contributed by atoms with Gasteiger partial charge in [-0.1, -0.05) is 12.1 Å². The first-order chi connectivity index (χ1) is 6.10. The van der Waals surface area contributed by atoms with Crippen molar-refractivity contribution in [1.29, 1.82) is 0 Å². The van der Waals surface area contributed by atoms with Crippen molar-refractivity contribution in [3.63, 3.8) is 0 Å². The number of ether oxygens (including phenoxy) is 1. The van der Waals surface area contributed by atoms with E-state index in [-0.39, 0.29) is 4.75 Å². The minimum Gasteiger partial charge on any atom is -0.497 e. The smallest absolute Gasteiger partial charge is 0.119 e. The van der Waals surface area contributed by atoms with Crippen LogP contribution in [0, 0.1) is 0 Å². The largest absolute Gasteiger partial charge is 0.497 e. The average molecular weight is 196 g/mol. The molecule has 13 heavy (non-hydrogen) atoms. The van der Waals surface area contributed by atoms with Gasteiger partial charge in [-0.15, -0.1) is 0 Å². The van der Waals surface area contributed by atoms with Gasteiger partial charge in [0.25, 0.3) is 0 Å². The fourth-order valence-corrected chi connectivity index (χ4v) is 1.48. The predicted molar refractivity (Wildman–Crippen MR) is 59.5 cm³/mol. The van der Waals surface area contributed by atoms with Crippen molar-refractivity contribution < 1.29 is 4.74 Å². The van der Waals surface area contributed by atoms with Crippen molar-refractivity contribution in [3.8, 4) is 5.75 Å². The molecule has 0 saturated carbocycles. The highest BCUT2D eigenvalue weighted by atomic mass is 32.2. The summed E-state index contributed by atoms with van der Waals surface area (Å²) in [7, 11) is 1.70. The molecule has 1 nitrogen and oxygen atoms in total. The Kier molecular flexibility index (Phi) is 3.26. The van der Waals surface area contributed by atoms with E-state index in [1.807, 2.05) is 23.9 Å². The maximum Gasteiger partial charge on any atom is 0.119 e. The molecule has 0 aliphatic carbocycles. The lowest BCUT2D eigenvalue weighted by atomic mass is 10.0. The molecule has 1 aromatic rings. The van der Waals surface area contributed by atoms with Crippen LogP contribution < -0.4 is 4.74 Å². The average Bonchev–Trinajstić information content (AvgIpc) is 2.18. The van der Waals surface area contributed by atoms with E-state index in [2.05, 4.69) is 32.2 Å². The van der Waals surface area contributed by atoms with E-state index in [0.29, 0.717) is 0 Å². The summed E-state index contributed by atoms with van der Waals surface area (Å²) in [5.41, 5.74) is 1.30. The molecule has 0 aromatic heterocycles. The fourth-order valence-electron chi connectivity index (χ4n) is 1.12. The molecule has 0 unspecified atom stereocenters. The molecule has 0 heterocycles. The summed E-state index contributed by atoms with van der Waals surface area (Å²) in [6.45, 7) is 4.43. The number of methoxy groups -OCH3 is 1. The molecule has 0 bridgehead atoms. The second kappa shape index (κ2) is 4.05. The zero-order valence-corrected chi connectivity index (χ0v) is 9.44. The van der Waals surface area contributed by atoms with Crippen LogP contribution in [0.15, 0.2) is 24.3 Å². The van der Waals surface area contributed by atoms with Crippen molar-refractivity contribution in [2.24, 2.45) is 0 Å². The van der Waals surface area contributed by atoms with Gasteiger partial charge in [0, 0.05) is 4.75 Å². The minimum absolute atomic E-state index is 0.161. The molecule has 0 amide bonds. The summed E-state index contributed by atoms with van der Waals surface area (Å²) in [6, 6.07) is 8.24. The highest BCUT2D eigenvalue weighted by Gasteiger charge is 2.18. The van der Waals surface area contributed by atoms with Gasteiger partial charge in [-0.05, 0) is 37.8 Å². The van der Waals surface area contributed by atoms with E-state index in [0.717, 1.165) is 5.75 Å². The van der Waals surface area contributed by atoms with Crippen molar-refractivity contribution in [1.82, 2.24) is 0 Å². The molecule has 0 saturated heterocycles. The monoisotopic (exact) mass is 196 g/mol. The van der Waals surface area contributed by atoms with Gasteiger partial charge in [0.15, 0.2) is 0 Å². The van der Waals surface area contributed by atoms with Crippen LogP contribution in [-0.2, 0) is 4.75 Å². The molecule has 0 atom stereocenters. The second-order valence-electron chi connectivity index (χ2n) is 3.45. The zero-order valence-electron chi connectivity index (χ0n) is 8.63. The van der Waals surface area contributed by atoms with Gasteiger partial charge in [-0.25, -0.2) is 0 Å². The Morgan fingerprint density at radius 1 is 1.31 bits per heavy atom. The molecule has 0 spiro atoms. The van der Waals surface area contributed by atoms with Crippen LogP contribution in [0.2, 0.25) is 0 Å². The third-order valence-corrected chi connectivity index (χ3v) is 3.53. The summed E-state index contributed by atoms with van der Waals surface area (Å²) in [5.74, 6) is 0.930. The summed E-state index contributed by atoms with van der Waals surface area (Å²) in [4.78, 5) is 0. The van der Waals surface area contributed by atoms with Crippen LogP contribution in [0.1, 0.15) is 19.4 Å². The number of benzene rings is 1. The van der Waals surface area contributed by atoms with E-state index >= 15 is 0 Å². The molecule has 72 valence electrons. The Bertz CT molecular complexity index is 281. The van der Waals surface area contributed by atoms with E-state index < -0.39 is 0 Å². The first-order valence-corrected chi connectivity index (χ1v) is 5.52. The van der Waals surface area contributed by atoms with Crippen LogP contribution in [0.4, 0.5) is 0 Å². The van der Waals surface area contributed by atoms with Crippen LogP contribution in [0.25, 0.3) is 0 Å². The first kappa shape index (κ1) is 10.5. The fraction of sp³-hybridized carbons (Fsp3) is 0.455. The van der Waals surface area contributed by atoms with E-state index in [9.17, 15) is 0 Å². The lowest BCUT2D eigenvalue weighted by Crippen LogP contribution is -2.10. The zero-order chi connectivity index (χ0) is 9.90. The third kappa shape index (κ3) is 2.41. The highest BCUT2D eigenvalue weighted by molar-refractivity contribution is 7.99. The standard InChI is InChI=1S/C11H16OS/c1-11(2,13-4)9-6-5-7-10(8-9)12-3/h5-8H,1-4H3. The van der Waals surface area contributed by atoms with Gasteiger partial charge in [0.05, 0.1) is 7.11 Å². The van der Waals surface area contributed by atoms with Gasteiger partial charge in [0.1, 0.15) is 5.75 Å². The van der Waals surface area contributed by atoms with E-state index in [1.165, 1.54) is 5.56 Å². The minimum atomic E-state index is 0.161. The van der Waals surface area contributed by atoms with Crippen LogP contribution in [0.3, 0.4) is 0 Å². The number of thioether (sulfide) groups is 1. The van der Waals surface area contributed by atoms with Crippen molar-refractivity contribution in [3.05, 3.63) is 29.8 Å². The molecule has 0 aliphatic rings. The predicted octanol–water partition coefficient (Wildman–Crippen LogP) is 3.29. The van der Waals surface area contributed by atoms with Crippen molar-refractivity contribution in [2.75, 3.05) is 13.4 Å². The Morgan fingerprint density at radius 3 is 2.54 bits per heavy atom. The normalized spacial score (nSPS) is 11.4. The Morgan fingerprint density at radius 2 is 2.00 bits per heavy atom. The molecule has 1 rings (SSSR count). The molecule has 0 fully saturated rings. The summed E-state index contributed by atoms with van der Waals surface area (Å²) in [5, 5.41) is 0. The Labute approximate surface area is 84.5 Å². The number of rotatable bonds is 3. The van der Waals surface area contributed by atoms with Crippen LogP contribution in [-0.4, -0.2) is 13.4 Å². The lowest BCUT2D eigenvalue weighted by Gasteiger charge is -2.22. The molecule has 2 heteroatoms. The maximum atomic E-state index is 5.19. The van der Waals surface area contributed by atoms with Gasteiger partial charge in [-0.3, -0.25) is 0 Å². The second-order valence-corrected chi connectivity index (χ2v) is 4.88. The first-order valence-electron chi connectivity index (χ1n) is 4.30. The Balaban J connectivity index is 3.01. The van der Waals surface area contributed by atoms with Gasteiger partial charge >= 0.3 is 0 Å². The summed E-state index contributed by atoms with van der Waals surface area (Å²) >= 11 is 1.84. The van der Waals surface area contributed by atoms with E-state index in [1.54, 1.807) is 7.11 Å². The van der Waals surface area contributed by atoms with Crippen molar-refractivity contribution >= 4 is 11.8 Å². The van der Waals surface area contributed by atoms with Crippen LogP contribution in [0.5, 0.6) is 5.75 Å². The third-order valence-electron chi connectivity index (χ3n) is 2.28. The molecule has 0 radical (unpaired) electrons. The lowest BCUT2D eigenvalue weighted by molar-refractivity contribution is 0.414. The molecular weight excluding hydrogens is 180 g/mol. The SMILES string of the molecule is COc1cccc(C(C)(C)SC)c1. The Hall–Kier alpha value is -0.630. The number of hydrogen-bond donors (Lipinski definition) is 0. The molecular formula is C11H16OS. The van der Waals surface area contributed by atoms with Crippen LogP contribution >= 0.6 is 11.8 Å². The van der Waals surface area contributed by atoms with Gasteiger partial charge < -0.3 is 4.74 Å². The maximum absolute atomic E-state index is 5.19. The molecule has 1 aromatic carbocycles. The number of hydrogen-bond acceptors (Lipinski definition) is 2. The summed E-state index contributed by atoms with van der Waals surface area (Å²) < 4.78 is 5.35. The van der Waals surface area contributed by atoms with Gasteiger partial charge in [0.2, 0.25) is 0 Å². The quantitative estimate of drug-likeness (QED) is 0.733. The van der Waals surface area contributed by atoms with Gasteiger partial charge in [-0.2, -0.15) is 11.8 Å². The van der Waals surface area contributed by atoms with E-state index in [4.69, 9.17) is 4.74 Å². The molecule has 0 N–H and O–H groups in total. The molecule has 0 aliphatic heterocycles. The topological polar surface area (TPSA) is 9.23 Å². The summed E-state index contributed by atoms with van der Waals surface area (Å²) in [6.07, 6.45) is 2.12.